The lowest BCUT2D eigenvalue weighted by atomic mass is 10.2. The van der Waals surface area contributed by atoms with E-state index >= 15 is 0 Å². The normalized spacial score (nSPS) is 13.4. The van der Waals surface area contributed by atoms with Crippen molar-refractivity contribution in [2.24, 2.45) is 7.05 Å². The predicted molar refractivity (Wildman–Crippen MR) is 97.6 cm³/mol. The molecule has 0 fully saturated rings. The summed E-state index contributed by atoms with van der Waals surface area (Å²) >= 11 is 1.29. The SMILES string of the molecule is Cc1nn(C)c(C)c1NC(=O)c1sc2nc3n(c(=O)c2c1C)CCC3. The molecule has 1 aliphatic heterocycles. The molecule has 0 saturated heterocycles. The maximum absolute atomic E-state index is 12.8. The summed E-state index contributed by atoms with van der Waals surface area (Å²) in [6.45, 7) is 6.30. The van der Waals surface area contributed by atoms with Gasteiger partial charge in [0.05, 0.1) is 27.3 Å². The minimum absolute atomic E-state index is 0.0287. The molecule has 0 unspecified atom stereocenters. The molecule has 1 N–H and O–H groups in total. The molecule has 4 rings (SSSR count). The second-order valence-electron chi connectivity index (χ2n) is 6.45. The molecule has 3 aromatic rings. The van der Waals surface area contributed by atoms with Crippen LogP contribution in [-0.4, -0.2) is 25.2 Å². The van der Waals surface area contributed by atoms with E-state index in [9.17, 15) is 9.59 Å². The molecule has 1 aliphatic rings. The minimum atomic E-state index is -0.218. The first-order valence-electron chi connectivity index (χ1n) is 8.23. The van der Waals surface area contributed by atoms with E-state index in [4.69, 9.17) is 0 Å². The van der Waals surface area contributed by atoms with Gasteiger partial charge in [0.25, 0.3) is 11.5 Å². The molecule has 8 heteroatoms. The van der Waals surface area contributed by atoms with Crippen molar-refractivity contribution < 1.29 is 4.79 Å². The summed E-state index contributed by atoms with van der Waals surface area (Å²) in [4.78, 5) is 31.3. The number of hydrogen-bond donors (Lipinski definition) is 1. The first kappa shape index (κ1) is 16.0. The summed E-state index contributed by atoms with van der Waals surface area (Å²) in [6.07, 6.45) is 1.77. The average Bonchev–Trinajstić information content (AvgIpc) is 3.22. The average molecular weight is 357 g/mol. The molecular formula is C17H19N5O2S. The van der Waals surface area contributed by atoms with Gasteiger partial charge in [-0.15, -0.1) is 11.3 Å². The van der Waals surface area contributed by atoms with Crippen LogP contribution in [0.25, 0.3) is 10.2 Å². The fourth-order valence-electron chi connectivity index (χ4n) is 3.42. The Morgan fingerprint density at radius 3 is 2.72 bits per heavy atom. The number of carbonyl (C=O) groups excluding carboxylic acids is 1. The molecule has 0 radical (unpaired) electrons. The van der Waals surface area contributed by atoms with Gasteiger partial charge >= 0.3 is 0 Å². The minimum Gasteiger partial charge on any atom is -0.318 e. The van der Waals surface area contributed by atoms with Crippen LogP contribution in [0.5, 0.6) is 0 Å². The maximum atomic E-state index is 12.8. The van der Waals surface area contributed by atoms with Gasteiger partial charge in [0.2, 0.25) is 0 Å². The number of carbonyl (C=O) groups is 1. The molecule has 3 aromatic heterocycles. The molecule has 1 amide bonds. The van der Waals surface area contributed by atoms with Crippen molar-refractivity contribution in [1.82, 2.24) is 19.3 Å². The molecule has 0 aromatic carbocycles. The summed E-state index contributed by atoms with van der Waals surface area (Å²) < 4.78 is 3.47. The number of aromatic nitrogens is 4. The highest BCUT2D eigenvalue weighted by Gasteiger charge is 2.24. The number of amides is 1. The van der Waals surface area contributed by atoms with E-state index in [1.54, 1.807) is 9.25 Å². The number of fused-ring (bicyclic) bond motifs is 2. The first-order chi connectivity index (χ1) is 11.9. The highest BCUT2D eigenvalue weighted by molar-refractivity contribution is 7.20. The van der Waals surface area contributed by atoms with Crippen molar-refractivity contribution in [2.75, 3.05) is 5.32 Å². The number of aryl methyl sites for hydroxylation is 4. The van der Waals surface area contributed by atoms with Gasteiger partial charge in [-0.1, -0.05) is 0 Å². The zero-order valence-electron chi connectivity index (χ0n) is 14.6. The predicted octanol–water partition coefficient (Wildman–Crippen LogP) is 2.32. The fraction of sp³-hybridized carbons (Fsp3) is 0.412. The number of hydrogen-bond acceptors (Lipinski definition) is 5. The van der Waals surface area contributed by atoms with Gasteiger partial charge in [-0.25, -0.2) is 4.98 Å². The van der Waals surface area contributed by atoms with Gasteiger partial charge in [0.1, 0.15) is 10.7 Å². The van der Waals surface area contributed by atoms with E-state index in [-0.39, 0.29) is 11.5 Å². The number of rotatable bonds is 2. The Balaban J connectivity index is 1.79. The Kier molecular flexibility index (Phi) is 3.54. The zero-order chi connectivity index (χ0) is 17.9. The molecule has 0 atom stereocenters. The fourth-order valence-corrected chi connectivity index (χ4v) is 4.50. The van der Waals surface area contributed by atoms with Crippen LogP contribution in [0.3, 0.4) is 0 Å². The van der Waals surface area contributed by atoms with Crippen molar-refractivity contribution in [3.8, 4) is 0 Å². The Bertz CT molecular complexity index is 1090. The second-order valence-corrected chi connectivity index (χ2v) is 7.45. The van der Waals surface area contributed by atoms with Gasteiger partial charge < -0.3 is 5.32 Å². The molecule has 0 aliphatic carbocycles. The Morgan fingerprint density at radius 1 is 1.28 bits per heavy atom. The van der Waals surface area contributed by atoms with E-state index in [1.165, 1.54) is 11.3 Å². The first-order valence-corrected chi connectivity index (χ1v) is 9.04. The van der Waals surface area contributed by atoms with Gasteiger partial charge in [-0.2, -0.15) is 5.10 Å². The lowest BCUT2D eigenvalue weighted by Gasteiger charge is -2.05. The summed E-state index contributed by atoms with van der Waals surface area (Å²) in [6, 6.07) is 0. The third-order valence-corrected chi connectivity index (χ3v) is 6.05. The lowest BCUT2D eigenvalue weighted by Crippen LogP contribution is -2.20. The number of thiophene rings is 1. The number of nitrogens with zero attached hydrogens (tertiary/aromatic N) is 4. The van der Waals surface area contributed by atoms with Crippen LogP contribution < -0.4 is 10.9 Å². The van der Waals surface area contributed by atoms with Crippen molar-refractivity contribution in [2.45, 2.75) is 40.2 Å². The molecule has 0 bridgehead atoms. The van der Waals surface area contributed by atoms with E-state index in [1.807, 2.05) is 27.8 Å². The van der Waals surface area contributed by atoms with Gasteiger partial charge in [-0.3, -0.25) is 18.8 Å². The summed E-state index contributed by atoms with van der Waals surface area (Å²) in [5, 5.41) is 7.83. The van der Waals surface area contributed by atoms with Crippen molar-refractivity contribution >= 4 is 33.1 Å². The van der Waals surface area contributed by atoms with Crippen LogP contribution in [0.15, 0.2) is 4.79 Å². The largest absolute Gasteiger partial charge is 0.318 e. The van der Waals surface area contributed by atoms with Crippen LogP contribution in [0.4, 0.5) is 5.69 Å². The monoisotopic (exact) mass is 357 g/mol. The van der Waals surface area contributed by atoms with Crippen LogP contribution in [0, 0.1) is 20.8 Å². The summed E-state index contributed by atoms with van der Waals surface area (Å²) in [5.41, 5.74) is 3.05. The molecule has 4 heterocycles. The molecule has 7 nitrogen and oxygen atoms in total. The molecular weight excluding hydrogens is 338 g/mol. The number of anilines is 1. The highest BCUT2D eigenvalue weighted by atomic mass is 32.1. The van der Waals surface area contributed by atoms with Crippen molar-refractivity contribution in [3.05, 3.63) is 38.0 Å². The third kappa shape index (κ3) is 2.31. The second kappa shape index (κ2) is 5.52. The summed E-state index contributed by atoms with van der Waals surface area (Å²) in [7, 11) is 1.84. The smallest absolute Gasteiger partial charge is 0.266 e. The molecule has 0 saturated carbocycles. The van der Waals surface area contributed by atoms with Crippen LogP contribution in [0.1, 0.15) is 38.9 Å². The van der Waals surface area contributed by atoms with Crippen molar-refractivity contribution in [3.63, 3.8) is 0 Å². The van der Waals surface area contributed by atoms with E-state index in [2.05, 4.69) is 15.4 Å². The van der Waals surface area contributed by atoms with Crippen LogP contribution in [0.2, 0.25) is 0 Å². The van der Waals surface area contributed by atoms with Gasteiger partial charge in [-0.05, 0) is 32.8 Å². The third-order valence-electron chi connectivity index (χ3n) is 4.87. The Hall–Kier alpha value is -2.48. The topological polar surface area (TPSA) is 81.8 Å². The molecule has 25 heavy (non-hydrogen) atoms. The van der Waals surface area contributed by atoms with Gasteiger partial charge in [0.15, 0.2) is 0 Å². The standard InChI is InChI=1S/C17H19N5O2S/c1-8-12-16(18-11-6-5-7-22(11)17(12)24)25-14(8)15(23)19-13-9(2)20-21(4)10(13)3/h5-7H2,1-4H3,(H,19,23). The van der Waals surface area contributed by atoms with E-state index < -0.39 is 0 Å². The lowest BCUT2D eigenvalue weighted by molar-refractivity contribution is 0.103. The highest BCUT2D eigenvalue weighted by Crippen LogP contribution is 2.30. The quantitative estimate of drug-likeness (QED) is 0.763. The van der Waals surface area contributed by atoms with E-state index in [0.717, 1.165) is 35.7 Å². The maximum Gasteiger partial charge on any atom is 0.266 e. The molecule has 0 spiro atoms. The molecule has 130 valence electrons. The Labute approximate surface area is 148 Å². The number of nitrogens with one attached hydrogen (secondary N) is 1. The zero-order valence-corrected chi connectivity index (χ0v) is 15.5. The van der Waals surface area contributed by atoms with Gasteiger partial charge in [0, 0.05) is 20.0 Å². The van der Waals surface area contributed by atoms with Crippen LogP contribution in [-0.2, 0) is 20.0 Å². The van der Waals surface area contributed by atoms with Crippen molar-refractivity contribution in [1.29, 1.82) is 0 Å². The van der Waals surface area contributed by atoms with E-state index in [0.29, 0.717) is 27.2 Å². The summed E-state index contributed by atoms with van der Waals surface area (Å²) in [5.74, 6) is 0.605. The Morgan fingerprint density at radius 2 is 2.04 bits per heavy atom. The van der Waals surface area contributed by atoms with Crippen LogP contribution >= 0.6 is 11.3 Å².